The van der Waals surface area contributed by atoms with Crippen LogP contribution in [0.5, 0.6) is 0 Å². The standard InChI is InChI=1S/C22H19ClFN3O2S/c1-27(22(29)16-4-6-17(24)7-5-16)20(13-15-3-2-12-25-14-15)21(28)26-18-8-10-19(30-23)11-9-18/h2-12,14,20H,13H2,1H3,(H,26,28). The van der Waals surface area contributed by atoms with E-state index in [1.165, 1.54) is 29.2 Å². The lowest BCUT2D eigenvalue weighted by Gasteiger charge is -2.27. The third-order valence-corrected chi connectivity index (χ3v) is 5.53. The van der Waals surface area contributed by atoms with Crippen LogP contribution in [-0.2, 0) is 11.2 Å². The van der Waals surface area contributed by atoms with Crippen LogP contribution in [0.15, 0.2) is 78.0 Å². The van der Waals surface area contributed by atoms with Crippen molar-refractivity contribution in [2.75, 3.05) is 12.4 Å². The van der Waals surface area contributed by atoms with Crippen LogP contribution >= 0.6 is 21.7 Å². The molecule has 1 N–H and O–H groups in total. The van der Waals surface area contributed by atoms with Crippen LogP contribution in [-0.4, -0.2) is 34.8 Å². The number of likely N-dealkylation sites (N-methyl/N-ethyl adjacent to an activating group) is 1. The Bertz CT molecular complexity index is 1000. The van der Waals surface area contributed by atoms with Gasteiger partial charge in [-0.25, -0.2) is 4.39 Å². The van der Waals surface area contributed by atoms with Gasteiger partial charge in [-0.3, -0.25) is 14.6 Å². The molecule has 0 radical (unpaired) electrons. The van der Waals surface area contributed by atoms with E-state index in [0.29, 0.717) is 11.3 Å². The number of pyridine rings is 1. The van der Waals surface area contributed by atoms with Gasteiger partial charge >= 0.3 is 0 Å². The summed E-state index contributed by atoms with van der Waals surface area (Å²) in [5.41, 5.74) is 1.70. The number of halogens is 2. The Kier molecular flexibility index (Phi) is 7.43. The predicted octanol–water partition coefficient (Wildman–Crippen LogP) is 4.79. The Labute approximate surface area is 182 Å². The van der Waals surface area contributed by atoms with Crippen molar-refractivity contribution in [3.05, 3.63) is 90.0 Å². The van der Waals surface area contributed by atoms with Crippen molar-refractivity contribution >= 4 is 39.2 Å². The summed E-state index contributed by atoms with van der Waals surface area (Å²) in [5.74, 6) is -1.16. The SMILES string of the molecule is CN(C(=O)c1ccc(F)cc1)C(Cc1cccnc1)C(=O)Nc1ccc(SCl)cc1. The van der Waals surface area contributed by atoms with Gasteiger partial charge in [-0.2, -0.15) is 0 Å². The van der Waals surface area contributed by atoms with E-state index >= 15 is 0 Å². The molecule has 30 heavy (non-hydrogen) atoms. The molecule has 1 aromatic heterocycles. The van der Waals surface area contributed by atoms with Crippen LogP contribution in [0, 0.1) is 5.82 Å². The number of carbonyl (C=O) groups is 2. The van der Waals surface area contributed by atoms with Gasteiger partial charge in [0, 0.05) is 42.0 Å². The second-order valence-electron chi connectivity index (χ2n) is 6.59. The Morgan fingerprint density at radius 2 is 1.83 bits per heavy atom. The lowest BCUT2D eigenvalue weighted by atomic mass is 10.0. The normalized spacial score (nSPS) is 11.6. The molecule has 0 aliphatic carbocycles. The lowest BCUT2D eigenvalue weighted by molar-refractivity contribution is -0.120. The van der Waals surface area contributed by atoms with Gasteiger partial charge in [0.1, 0.15) is 11.9 Å². The molecule has 0 fully saturated rings. The maximum atomic E-state index is 13.2. The van der Waals surface area contributed by atoms with Crippen molar-refractivity contribution in [3.63, 3.8) is 0 Å². The number of aromatic nitrogens is 1. The topological polar surface area (TPSA) is 62.3 Å². The first-order valence-corrected chi connectivity index (χ1v) is 10.7. The van der Waals surface area contributed by atoms with Crippen LogP contribution in [0.3, 0.4) is 0 Å². The minimum absolute atomic E-state index is 0.277. The third kappa shape index (κ3) is 5.58. The average Bonchev–Trinajstić information content (AvgIpc) is 2.78. The highest BCUT2D eigenvalue weighted by molar-refractivity contribution is 8.21. The Balaban J connectivity index is 1.83. The first kappa shape index (κ1) is 21.8. The number of carbonyl (C=O) groups excluding carboxylic acids is 2. The van der Waals surface area contributed by atoms with E-state index < -0.39 is 11.9 Å². The van der Waals surface area contributed by atoms with Gasteiger partial charge < -0.3 is 10.2 Å². The Hall–Kier alpha value is -2.90. The van der Waals surface area contributed by atoms with Gasteiger partial charge in [-0.15, -0.1) is 0 Å². The van der Waals surface area contributed by atoms with Gasteiger partial charge in [0.15, 0.2) is 0 Å². The van der Waals surface area contributed by atoms with Crippen molar-refractivity contribution in [1.29, 1.82) is 0 Å². The predicted molar refractivity (Wildman–Crippen MR) is 117 cm³/mol. The number of rotatable bonds is 7. The molecule has 3 rings (SSSR count). The second-order valence-corrected chi connectivity index (χ2v) is 7.68. The van der Waals surface area contributed by atoms with Crippen molar-refractivity contribution in [2.24, 2.45) is 0 Å². The van der Waals surface area contributed by atoms with Crippen LogP contribution in [0.1, 0.15) is 15.9 Å². The van der Waals surface area contributed by atoms with Gasteiger partial charge in [0.25, 0.3) is 5.91 Å². The molecule has 2 amide bonds. The maximum Gasteiger partial charge on any atom is 0.254 e. The fourth-order valence-corrected chi connectivity index (χ4v) is 3.45. The summed E-state index contributed by atoms with van der Waals surface area (Å²) in [6.45, 7) is 0. The summed E-state index contributed by atoms with van der Waals surface area (Å²) in [6.07, 6.45) is 3.57. The zero-order valence-electron chi connectivity index (χ0n) is 16.1. The summed E-state index contributed by atoms with van der Waals surface area (Å²) >= 11 is 0. The van der Waals surface area contributed by atoms with E-state index in [1.54, 1.807) is 49.8 Å². The maximum absolute atomic E-state index is 13.2. The lowest BCUT2D eigenvalue weighted by Crippen LogP contribution is -2.46. The molecular weight excluding hydrogens is 425 g/mol. The van der Waals surface area contributed by atoms with Crippen molar-refractivity contribution in [2.45, 2.75) is 17.4 Å². The molecule has 2 aromatic carbocycles. The smallest absolute Gasteiger partial charge is 0.254 e. The molecule has 0 aliphatic rings. The number of benzene rings is 2. The highest BCUT2D eigenvalue weighted by Crippen LogP contribution is 2.23. The zero-order valence-corrected chi connectivity index (χ0v) is 17.7. The summed E-state index contributed by atoms with van der Waals surface area (Å²) in [4.78, 5) is 32.3. The number of hydrogen-bond donors (Lipinski definition) is 1. The first-order chi connectivity index (χ1) is 14.5. The fraction of sp³-hybridized carbons (Fsp3) is 0.136. The average molecular weight is 444 g/mol. The van der Waals surface area contributed by atoms with Crippen LogP contribution in [0.2, 0.25) is 0 Å². The largest absolute Gasteiger partial charge is 0.329 e. The van der Waals surface area contributed by atoms with Crippen molar-refractivity contribution in [3.8, 4) is 0 Å². The first-order valence-electron chi connectivity index (χ1n) is 9.09. The van der Waals surface area contributed by atoms with Gasteiger partial charge in [-0.1, -0.05) is 6.07 Å². The Morgan fingerprint density at radius 1 is 1.13 bits per heavy atom. The van der Waals surface area contributed by atoms with E-state index in [-0.39, 0.29) is 18.2 Å². The summed E-state index contributed by atoms with van der Waals surface area (Å²) in [7, 11) is 8.37. The minimum atomic E-state index is -0.797. The highest BCUT2D eigenvalue weighted by atomic mass is 35.7. The van der Waals surface area contributed by atoms with E-state index in [2.05, 4.69) is 10.3 Å². The molecular formula is C22H19ClFN3O2S. The summed E-state index contributed by atoms with van der Waals surface area (Å²) in [6, 6.07) is 15.1. The molecule has 0 aliphatic heterocycles. The number of hydrogen-bond acceptors (Lipinski definition) is 4. The molecule has 1 heterocycles. The number of nitrogens with zero attached hydrogens (tertiary/aromatic N) is 2. The summed E-state index contributed by atoms with van der Waals surface area (Å²) in [5, 5.41) is 2.84. The summed E-state index contributed by atoms with van der Waals surface area (Å²) < 4.78 is 13.2. The molecule has 5 nitrogen and oxygen atoms in total. The van der Waals surface area contributed by atoms with E-state index in [4.69, 9.17) is 10.7 Å². The number of nitrogens with one attached hydrogen (secondary N) is 1. The third-order valence-electron chi connectivity index (χ3n) is 4.54. The van der Waals surface area contributed by atoms with E-state index in [1.807, 2.05) is 6.07 Å². The van der Waals surface area contributed by atoms with Crippen molar-refractivity contribution < 1.29 is 14.0 Å². The molecule has 1 atom stereocenters. The number of amides is 2. The van der Waals surface area contributed by atoms with Gasteiger partial charge in [-0.05, 0) is 81.8 Å². The van der Waals surface area contributed by atoms with E-state index in [9.17, 15) is 14.0 Å². The molecule has 0 saturated carbocycles. The quantitative estimate of drug-likeness (QED) is 0.570. The molecule has 8 heteroatoms. The van der Waals surface area contributed by atoms with Crippen LogP contribution < -0.4 is 5.32 Å². The van der Waals surface area contributed by atoms with Gasteiger partial charge in [0.2, 0.25) is 5.91 Å². The monoisotopic (exact) mass is 443 g/mol. The molecule has 0 saturated heterocycles. The second kappa shape index (κ2) is 10.2. The fourth-order valence-electron chi connectivity index (χ4n) is 2.90. The van der Waals surface area contributed by atoms with Crippen LogP contribution in [0.25, 0.3) is 0 Å². The Morgan fingerprint density at radius 3 is 2.43 bits per heavy atom. The molecule has 3 aromatic rings. The minimum Gasteiger partial charge on any atom is -0.329 e. The highest BCUT2D eigenvalue weighted by Gasteiger charge is 2.28. The molecule has 0 spiro atoms. The van der Waals surface area contributed by atoms with Crippen molar-refractivity contribution in [1.82, 2.24) is 9.88 Å². The van der Waals surface area contributed by atoms with Gasteiger partial charge in [0.05, 0.1) is 0 Å². The molecule has 0 bridgehead atoms. The van der Waals surface area contributed by atoms with Crippen LogP contribution in [0.4, 0.5) is 10.1 Å². The van der Waals surface area contributed by atoms with E-state index in [0.717, 1.165) is 21.4 Å². The molecule has 1 unspecified atom stereocenters. The molecule has 154 valence electrons. The number of anilines is 1. The zero-order chi connectivity index (χ0) is 21.5.